The third-order valence-electron chi connectivity index (χ3n) is 7.50. The summed E-state index contributed by atoms with van der Waals surface area (Å²) < 4.78 is 11.2. The van der Waals surface area contributed by atoms with Gasteiger partial charge in [0.25, 0.3) is 5.65 Å². The molecule has 0 aliphatic rings. The van der Waals surface area contributed by atoms with Gasteiger partial charge in [-0.1, -0.05) is 60.7 Å². The first-order chi connectivity index (χ1) is 16.7. The Balaban J connectivity index is 1.74. The molecule has 3 heterocycles. The molecule has 5 aromatic carbocycles. The highest BCUT2D eigenvalue weighted by atomic mass is 16.3. The normalized spacial score (nSPS) is 12.4. The second kappa shape index (κ2) is 6.15. The standard InChI is InChI=1S/C31H21N2O/c1-18-8-7-12-22-21-11-5-6-13-24(21)33-30-25(32(2)31(33)28(18)22)14-15-26-29(30)23-16-19-9-3-4-10-20(19)17-27(23)34-26/h3-17H,1-2H3/q+1. The molecule has 0 spiro atoms. The highest BCUT2D eigenvalue weighted by molar-refractivity contribution is 6.22. The Hall–Kier alpha value is -4.37. The van der Waals surface area contributed by atoms with Gasteiger partial charge in [-0.05, 0) is 53.6 Å². The zero-order valence-corrected chi connectivity index (χ0v) is 19.0. The van der Waals surface area contributed by atoms with Gasteiger partial charge in [0.1, 0.15) is 16.7 Å². The van der Waals surface area contributed by atoms with Crippen LogP contribution in [0.15, 0.2) is 95.4 Å². The average molecular weight is 438 g/mol. The van der Waals surface area contributed by atoms with Gasteiger partial charge in [0.15, 0.2) is 11.0 Å². The lowest BCUT2D eigenvalue weighted by Crippen LogP contribution is -2.27. The van der Waals surface area contributed by atoms with Crippen LogP contribution in [0.2, 0.25) is 0 Å². The van der Waals surface area contributed by atoms with Crippen LogP contribution >= 0.6 is 0 Å². The molecule has 3 aromatic heterocycles. The molecular weight excluding hydrogens is 416 g/mol. The summed E-state index contributed by atoms with van der Waals surface area (Å²) in [5, 5.41) is 8.61. The molecule has 0 saturated heterocycles. The average Bonchev–Trinajstić information content (AvgIpc) is 3.37. The molecule has 8 rings (SSSR count). The van der Waals surface area contributed by atoms with Crippen LogP contribution in [0.3, 0.4) is 0 Å². The highest BCUT2D eigenvalue weighted by Crippen LogP contribution is 2.39. The lowest BCUT2D eigenvalue weighted by atomic mass is 10.0. The quantitative estimate of drug-likeness (QED) is 0.177. The number of imidazole rings is 1. The van der Waals surface area contributed by atoms with Gasteiger partial charge in [0.2, 0.25) is 0 Å². The molecule has 0 bridgehead atoms. The number of fused-ring (bicyclic) bond motifs is 13. The molecule has 0 saturated carbocycles. The lowest BCUT2D eigenvalue weighted by molar-refractivity contribution is -0.617. The Morgan fingerprint density at radius 2 is 1.44 bits per heavy atom. The molecule has 0 N–H and O–H groups in total. The smallest absolute Gasteiger partial charge is 0.295 e. The van der Waals surface area contributed by atoms with Crippen LogP contribution in [0.4, 0.5) is 0 Å². The van der Waals surface area contributed by atoms with Crippen molar-refractivity contribution >= 4 is 71.1 Å². The molecule has 0 fully saturated rings. The van der Waals surface area contributed by atoms with Crippen molar-refractivity contribution in [3.8, 4) is 0 Å². The van der Waals surface area contributed by atoms with Crippen molar-refractivity contribution in [1.29, 1.82) is 0 Å². The molecule has 8 aromatic rings. The Morgan fingerprint density at radius 3 is 2.32 bits per heavy atom. The zero-order chi connectivity index (χ0) is 22.6. The molecule has 34 heavy (non-hydrogen) atoms. The van der Waals surface area contributed by atoms with Gasteiger partial charge in [-0.3, -0.25) is 0 Å². The van der Waals surface area contributed by atoms with Crippen molar-refractivity contribution < 1.29 is 8.98 Å². The Labute approximate surface area is 195 Å². The van der Waals surface area contributed by atoms with Gasteiger partial charge >= 0.3 is 0 Å². The molecule has 0 aliphatic heterocycles. The van der Waals surface area contributed by atoms with E-state index in [1.54, 1.807) is 0 Å². The van der Waals surface area contributed by atoms with Crippen LogP contribution in [0.5, 0.6) is 0 Å². The molecule has 3 heteroatoms. The number of aryl methyl sites for hydroxylation is 2. The third-order valence-corrected chi connectivity index (χ3v) is 7.50. The fourth-order valence-electron chi connectivity index (χ4n) is 5.99. The van der Waals surface area contributed by atoms with E-state index in [2.05, 4.69) is 114 Å². The maximum Gasteiger partial charge on any atom is 0.295 e. The first kappa shape index (κ1) is 18.1. The number of benzene rings is 5. The van der Waals surface area contributed by atoms with Crippen LogP contribution in [0.1, 0.15) is 5.56 Å². The Bertz CT molecular complexity index is 2140. The van der Waals surface area contributed by atoms with Gasteiger partial charge in [-0.2, -0.15) is 4.40 Å². The van der Waals surface area contributed by atoms with Crippen molar-refractivity contribution in [3.05, 3.63) is 96.6 Å². The van der Waals surface area contributed by atoms with Crippen molar-refractivity contribution in [2.24, 2.45) is 7.05 Å². The fourth-order valence-corrected chi connectivity index (χ4v) is 5.99. The number of hydrogen-bond donors (Lipinski definition) is 0. The molecule has 160 valence electrons. The largest absolute Gasteiger partial charge is 0.456 e. The molecular formula is C31H21N2O+. The van der Waals surface area contributed by atoms with Gasteiger partial charge < -0.3 is 4.42 Å². The number of hydrogen-bond acceptors (Lipinski definition) is 1. The summed E-state index contributed by atoms with van der Waals surface area (Å²) >= 11 is 0. The maximum atomic E-state index is 6.43. The topological polar surface area (TPSA) is 21.4 Å². The van der Waals surface area contributed by atoms with Crippen LogP contribution < -0.4 is 4.57 Å². The van der Waals surface area contributed by atoms with Crippen molar-refractivity contribution in [2.45, 2.75) is 6.92 Å². The molecule has 0 amide bonds. The van der Waals surface area contributed by atoms with Gasteiger partial charge in [0, 0.05) is 16.2 Å². The Morgan fingerprint density at radius 1 is 0.676 bits per heavy atom. The van der Waals surface area contributed by atoms with Crippen LogP contribution in [-0.2, 0) is 7.05 Å². The monoisotopic (exact) mass is 437 g/mol. The first-order valence-corrected chi connectivity index (χ1v) is 11.7. The number of furan rings is 1. The van der Waals surface area contributed by atoms with E-state index >= 15 is 0 Å². The van der Waals surface area contributed by atoms with Gasteiger partial charge in [0.05, 0.1) is 17.8 Å². The fraction of sp³-hybridized carbons (Fsp3) is 0.0645. The molecule has 0 unspecified atom stereocenters. The van der Waals surface area contributed by atoms with E-state index < -0.39 is 0 Å². The SMILES string of the molecule is Cc1cccc2c3ccccc3n3c4c5c(ccc4[n+](C)c3c12)oc1cc2ccccc2cc15. The van der Waals surface area contributed by atoms with Crippen LogP contribution in [0, 0.1) is 6.92 Å². The van der Waals surface area contributed by atoms with E-state index in [4.69, 9.17) is 4.42 Å². The predicted octanol–water partition coefficient (Wildman–Crippen LogP) is 7.58. The number of aromatic nitrogens is 2. The van der Waals surface area contributed by atoms with E-state index in [9.17, 15) is 0 Å². The van der Waals surface area contributed by atoms with Gasteiger partial charge in [-0.25, -0.2) is 4.57 Å². The minimum Gasteiger partial charge on any atom is -0.456 e. The Kier molecular flexibility index (Phi) is 3.27. The second-order valence-corrected chi connectivity index (χ2v) is 9.34. The molecule has 0 aliphatic carbocycles. The second-order valence-electron chi connectivity index (χ2n) is 9.34. The van der Waals surface area contributed by atoms with E-state index in [0.717, 1.165) is 16.6 Å². The van der Waals surface area contributed by atoms with Gasteiger partial charge in [-0.15, -0.1) is 0 Å². The highest BCUT2D eigenvalue weighted by Gasteiger charge is 2.27. The number of nitrogens with zero attached hydrogens (tertiary/aromatic N) is 2. The minimum absolute atomic E-state index is 0.923. The summed E-state index contributed by atoms with van der Waals surface area (Å²) in [4.78, 5) is 0. The van der Waals surface area contributed by atoms with E-state index in [1.807, 2.05) is 0 Å². The lowest BCUT2D eigenvalue weighted by Gasteiger charge is -2.07. The molecule has 0 atom stereocenters. The maximum absolute atomic E-state index is 6.43. The van der Waals surface area contributed by atoms with E-state index in [1.165, 1.54) is 60.1 Å². The summed E-state index contributed by atoms with van der Waals surface area (Å²) in [6, 6.07) is 32.6. The number of para-hydroxylation sites is 1. The van der Waals surface area contributed by atoms with E-state index in [0.29, 0.717) is 0 Å². The third kappa shape index (κ3) is 2.10. The van der Waals surface area contributed by atoms with Crippen LogP contribution in [-0.4, -0.2) is 4.40 Å². The van der Waals surface area contributed by atoms with Crippen LogP contribution in [0.25, 0.3) is 71.1 Å². The summed E-state index contributed by atoms with van der Waals surface area (Å²) in [6.45, 7) is 2.21. The summed E-state index contributed by atoms with van der Waals surface area (Å²) in [5.74, 6) is 0. The molecule has 0 radical (unpaired) electrons. The summed E-state index contributed by atoms with van der Waals surface area (Å²) in [5.41, 5.74) is 7.96. The number of rotatable bonds is 0. The summed E-state index contributed by atoms with van der Waals surface area (Å²) in [6.07, 6.45) is 0. The molecule has 3 nitrogen and oxygen atoms in total. The van der Waals surface area contributed by atoms with E-state index in [-0.39, 0.29) is 0 Å². The van der Waals surface area contributed by atoms with Crippen molar-refractivity contribution in [3.63, 3.8) is 0 Å². The number of pyridine rings is 1. The van der Waals surface area contributed by atoms with Crippen molar-refractivity contribution in [2.75, 3.05) is 0 Å². The van der Waals surface area contributed by atoms with Crippen molar-refractivity contribution in [1.82, 2.24) is 4.40 Å². The zero-order valence-electron chi connectivity index (χ0n) is 19.0. The predicted molar refractivity (Wildman–Crippen MR) is 141 cm³/mol. The summed E-state index contributed by atoms with van der Waals surface area (Å²) in [7, 11) is 2.18. The first-order valence-electron chi connectivity index (χ1n) is 11.7. The minimum atomic E-state index is 0.923.